The second-order valence-corrected chi connectivity index (χ2v) is 3.90. The van der Waals surface area contributed by atoms with E-state index in [1.807, 2.05) is 0 Å². The second kappa shape index (κ2) is 5.36. The van der Waals surface area contributed by atoms with E-state index in [0.717, 1.165) is 0 Å². The summed E-state index contributed by atoms with van der Waals surface area (Å²) in [5.74, 6) is 5.03. The Hall–Kier alpha value is -2.94. The molecule has 2 aromatic rings. The summed E-state index contributed by atoms with van der Waals surface area (Å²) < 4.78 is 1.44. The summed E-state index contributed by atoms with van der Waals surface area (Å²) in [6.07, 6.45) is 1.50. The molecule has 9 nitrogen and oxygen atoms in total. The van der Waals surface area contributed by atoms with Crippen molar-refractivity contribution in [2.24, 2.45) is 12.9 Å². The van der Waals surface area contributed by atoms with Crippen LogP contribution in [-0.4, -0.2) is 20.6 Å². The average molecular weight is 276 g/mol. The third kappa shape index (κ3) is 2.42. The fourth-order valence-corrected chi connectivity index (χ4v) is 1.72. The SMILES string of the molecule is Cn1nccc1NC(=O)c1cccc(NN)c1[N+](=O)[O-]. The van der Waals surface area contributed by atoms with Crippen molar-refractivity contribution in [1.29, 1.82) is 0 Å². The number of nitrogens with zero attached hydrogens (tertiary/aromatic N) is 3. The Morgan fingerprint density at radius 1 is 1.45 bits per heavy atom. The molecule has 20 heavy (non-hydrogen) atoms. The zero-order chi connectivity index (χ0) is 14.7. The van der Waals surface area contributed by atoms with Crippen LogP contribution in [0.1, 0.15) is 10.4 Å². The van der Waals surface area contributed by atoms with Crippen LogP contribution in [0.4, 0.5) is 17.2 Å². The Morgan fingerprint density at radius 2 is 2.20 bits per heavy atom. The van der Waals surface area contributed by atoms with Crippen LogP contribution < -0.4 is 16.6 Å². The van der Waals surface area contributed by atoms with E-state index in [1.165, 1.54) is 29.1 Å². The molecule has 0 fully saturated rings. The first-order valence-corrected chi connectivity index (χ1v) is 5.58. The highest BCUT2D eigenvalue weighted by molar-refractivity contribution is 6.08. The minimum Gasteiger partial charge on any atom is -0.318 e. The van der Waals surface area contributed by atoms with Crippen molar-refractivity contribution in [3.05, 3.63) is 46.1 Å². The minimum atomic E-state index is -0.659. The van der Waals surface area contributed by atoms with Crippen molar-refractivity contribution in [2.45, 2.75) is 0 Å². The number of nitrogens with two attached hydrogens (primary N) is 1. The summed E-state index contributed by atoms with van der Waals surface area (Å²) in [4.78, 5) is 22.6. The summed E-state index contributed by atoms with van der Waals surface area (Å²) in [7, 11) is 1.64. The minimum absolute atomic E-state index is 0.0626. The van der Waals surface area contributed by atoms with Gasteiger partial charge in [-0.3, -0.25) is 25.4 Å². The summed E-state index contributed by atoms with van der Waals surface area (Å²) in [5, 5.41) is 17.5. The number of nitro benzene ring substituents is 1. The predicted octanol–water partition coefficient (Wildman–Crippen LogP) is 0.866. The molecule has 0 aliphatic rings. The van der Waals surface area contributed by atoms with E-state index in [-0.39, 0.29) is 16.9 Å². The number of carbonyl (C=O) groups is 1. The van der Waals surface area contributed by atoms with Gasteiger partial charge in [0.1, 0.15) is 17.1 Å². The lowest BCUT2D eigenvalue weighted by molar-refractivity contribution is -0.384. The van der Waals surface area contributed by atoms with Crippen LogP contribution in [-0.2, 0) is 7.05 Å². The van der Waals surface area contributed by atoms with Crippen molar-refractivity contribution in [1.82, 2.24) is 9.78 Å². The zero-order valence-electron chi connectivity index (χ0n) is 10.5. The van der Waals surface area contributed by atoms with Gasteiger partial charge in [0.15, 0.2) is 0 Å². The van der Waals surface area contributed by atoms with Crippen LogP contribution in [0.15, 0.2) is 30.5 Å². The Bertz CT molecular complexity index is 666. The number of carbonyl (C=O) groups excluding carboxylic acids is 1. The molecule has 1 aromatic heterocycles. The number of amides is 1. The molecule has 2 rings (SSSR count). The van der Waals surface area contributed by atoms with Crippen molar-refractivity contribution < 1.29 is 9.72 Å². The van der Waals surface area contributed by atoms with E-state index in [4.69, 9.17) is 5.84 Å². The van der Waals surface area contributed by atoms with Gasteiger partial charge in [-0.1, -0.05) is 6.07 Å². The van der Waals surface area contributed by atoms with Gasteiger partial charge in [0.2, 0.25) is 0 Å². The van der Waals surface area contributed by atoms with E-state index in [0.29, 0.717) is 5.82 Å². The number of hydrazine groups is 1. The van der Waals surface area contributed by atoms with Gasteiger partial charge in [-0.2, -0.15) is 5.10 Å². The van der Waals surface area contributed by atoms with Crippen LogP contribution in [0, 0.1) is 10.1 Å². The molecule has 0 atom stereocenters. The number of nitrogens with one attached hydrogen (secondary N) is 2. The van der Waals surface area contributed by atoms with Crippen molar-refractivity contribution in [2.75, 3.05) is 10.7 Å². The predicted molar refractivity (Wildman–Crippen MR) is 72.1 cm³/mol. The van der Waals surface area contributed by atoms with Crippen LogP contribution in [0.3, 0.4) is 0 Å². The molecule has 0 saturated carbocycles. The van der Waals surface area contributed by atoms with E-state index < -0.39 is 10.8 Å². The van der Waals surface area contributed by atoms with Crippen molar-refractivity contribution >= 4 is 23.1 Å². The van der Waals surface area contributed by atoms with Crippen LogP contribution >= 0.6 is 0 Å². The molecule has 4 N–H and O–H groups in total. The highest BCUT2D eigenvalue weighted by Crippen LogP contribution is 2.28. The molecule has 9 heteroatoms. The first-order valence-electron chi connectivity index (χ1n) is 5.58. The summed E-state index contributed by atoms with van der Waals surface area (Å²) >= 11 is 0. The van der Waals surface area contributed by atoms with Gasteiger partial charge in [0.05, 0.1) is 11.1 Å². The first-order chi connectivity index (χ1) is 9.54. The van der Waals surface area contributed by atoms with Gasteiger partial charge in [0, 0.05) is 13.1 Å². The standard InChI is InChI=1S/C11H12N6O3/c1-16-9(5-6-13-16)14-11(18)7-3-2-4-8(15-12)10(7)17(19)20/h2-6,15H,12H2,1H3,(H,14,18). The number of nitrogen functional groups attached to an aromatic ring is 1. The molecule has 0 radical (unpaired) electrons. The number of hydrogen-bond acceptors (Lipinski definition) is 6. The molecule has 1 amide bonds. The lowest BCUT2D eigenvalue weighted by Crippen LogP contribution is -2.18. The number of aryl methyl sites for hydroxylation is 1. The molecule has 104 valence electrons. The molecule has 0 aliphatic heterocycles. The van der Waals surface area contributed by atoms with Gasteiger partial charge >= 0.3 is 5.69 Å². The van der Waals surface area contributed by atoms with E-state index >= 15 is 0 Å². The fraction of sp³-hybridized carbons (Fsp3) is 0.0909. The second-order valence-electron chi connectivity index (χ2n) is 3.90. The number of para-hydroxylation sites is 1. The number of rotatable bonds is 4. The normalized spacial score (nSPS) is 10.1. The van der Waals surface area contributed by atoms with Crippen LogP contribution in [0.5, 0.6) is 0 Å². The topological polar surface area (TPSA) is 128 Å². The smallest absolute Gasteiger partial charge is 0.306 e. The molecular weight excluding hydrogens is 264 g/mol. The maximum atomic E-state index is 12.1. The van der Waals surface area contributed by atoms with Crippen molar-refractivity contribution in [3.63, 3.8) is 0 Å². The molecule has 1 heterocycles. The van der Waals surface area contributed by atoms with Gasteiger partial charge in [-0.05, 0) is 12.1 Å². The highest BCUT2D eigenvalue weighted by Gasteiger charge is 2.24. The third-order valence-electron chi connectivity index (χ3n) is 2.68. The Kier molecular flexibility index (Phi) is 3.62. The molecular formula is C11H12N6O3. The molecule has 1 aromatic carbocycles. The summed E-state index contributed by atoms with van der Waals surface area (Å²) in [6.45, 7) is 0. The van der Waals surface area contributed by atoms with E-state index in [1.54, 1.807) is 13.1 Å². The van der Waals surface area contributed by atoms with Crippen LogP contribution in [0.25, 0.3) is 0 Å². The third-order valence-corrected chi connectivity index (χ3v) is 2.68. The molecule has 0 spiro atoms. The Labute approximate surface area is 113 Å². The number of anilines is 2. The fourth-order valence-electron chi connectivity index (χ4n) is 1.72. The van der Waals surface area contributed by atoms with Crippen LogP contribution in [0.2, 0.25) is 0 Å². The quantitative estimate of drug-likeness (QED) is 0.431. The van der Waals surface area contributed by atoms with E-state index in [9.17, 15) is 14.9 Å². The highest BCUT2D eigenvalue weighted by atomic mass is 16.6. The number of benzene rings is 1. The van der Waals surface area contributed by atoms with Crippen molar-refractivity contribution in [3.8, 4) is 0 Å². The first kappa shape index (κ1) is 13.5. The van der Waals surface area contributed by atoms with Gasteiger partial charge in [0.25, 0.3) is 5.91 Å². The largest absolute Gasteiger partial charge is 0.318 e. The molecule has 0 aliphatic carbocycles. The van der Waals surface area contributed by atoms with Gasteiger partial charge in [-0.25, -0.2) is 0 Å². The molecule has 0 saturated heterocycles. The monoisotopic (exact) mass is 276 g/mol. The lowest BCUT2D eigenvalue weighted by Gasteiger charge is -2.08. The van der Waals surface area contributed by atoms with Gasteiger partial charge in [-0.15, -0.1) is 0 Å². The zero-order valence-corrected chi connectivity index (χ0v) is 10.5. The number of aromatic nitrogens is 2. The lowest BCUT2D eigenvalue weighted by atomic mass is 10.1. The number of hydrogen-bond donors (Lipinski definition) is 3. The van der Waals surface area contributed by atoms with E-state index in [2.05, 4.69) is 15.8 Å². The van der Waals surface area contributed by atoms with Gasteiger partial charge < -0.3 is 10.7 Å². The number of nitro groups is 1. The average Bonchev–Trinajstić information content (AvgIpc) is 2.83. The Morgan fingerprint density at radius 3 is 2.75 bits per heavy atom. The molecule has 0 bridgehead atoms. The maximum absolute atomic E-state index is 12.1. The Balaban J connectivity index is 2.39. The maximum Gasteiger partial charge on any atom is 0.306 e. The summed E-state index contributed by atoms with van der Waals surface area (Å²) in [5.41, 5.74) is 1.79. The summed E-state index contributed by atoms with van der Waals surface area (Å²) in [6, 6.07) is 5.85. The molecule has 0 unspecified atom stereocenters.